The van der Waals surface area contributed by atoms with E-state index >= 15 is 0 Å². The summed E-state index contributed by atoms with van der Waals surface area (Å²) in [6, 6.07) is 0. The number of carbonyl (C=O) groups is 1. The fraction of sp³-hybridized carbons (Fsp3) is 0.500. The topological polar surface area (TPSA) is 20.1 Å². The van der Waals surface area contributed by atoms with Crippen LogP contribution in [-0.4, -0.2) is 28.2 Å². The molecule has 0 aromatic rings. The minimum absolute atomic E-state index is 0.363. The molecule has 60 valence electrons. The maximum Gasteiger partial charge on any atom is 0.252 e. The molecule has 0 aromatic heterocycles. The van der Waals surface area contributed by atoms with E-state index < -0.39 is 10.2 Å². The van der Waals surface area contributed by atoms with Crippen molar-refractivity contribution in [1.82, 2.24) is 4.90 Å². The van der Waals surface area contributed by atoms with E-state index in [0.717, 1.165) is 0 Å². The normalized spacial score (nSPS) is 40.8. The summed E-state index contributed by atoms with van der Waals surface area (Å²) in [5.74, 6) is 0. The van der Waals surface area contributed by atoms with Crippen molar-refractivity contribution < 1.29 is 4.79 Å². The number of halogens is 3. The Bertz CT molecular complexity index is 275. The Balaban J connectivity index is 2.41. The first-order valence-corrected chi connectivity index (χ1v) is 4.22. The lowest BCUT2D eigenvalue weighted by Crippen LogP contribution is -2.11. The molecule has 0 N–H and O–H groups in total. The minimum Gasteiger partial charge on any atom is -0.276 e. The molecule has 2 rings (SSSR count). The Morgan fingerprint density at radius 1 is 1.64 bits per heavy atom. The van der Waals surface area contributed by atoms with Crippen LogP contribution < -0.4 is 0 Å². The van der Waals surface area contributed by atoms with Gasteiger partial charge >= 0.3 is 0 Å². The van der Waals surface area contributed by atoms with Gasteiger partial charge in [0.1, 0.15) is 5.00 Å². The van der Waals surface area contributed by atoms with Gasteiger partial charge in [-0.25, -0.2) is 0 Å². The van der Waals surface area contributed by atoms with Crippen LogP contribution in [0.1, 0.15) is 0 Å². The van der Waals surface area contributed by atoms with E-state index in [0.29, 0.717) is 23.7 Å². The molecule has 0 aromatic carbocycles. The van der Waals surface area contributed by atoms with Gasteiger partial charge in [-0.2, -0.15) is 0 Å². The van der Waals surface area contributed by atoms with E-state index in [4.69, 9.17) is 34.8 Å². The van der Waals surface area contributed by atoms with Crippen molar-refractivity contribution >= 4 is 40.0 Å². The summed E-state index contributed by atoms with van der Waals surface area (Å²) in [4.78, 5) is 12.0. The fourth-order valence-electron chi connectivity index (χ4n) is 1.35. The lowest BCUT2D eigenvalue weighted by atomic mass is 10.2. The molecule has 1 saturated heterocycles. The second-order valence-electron chi connectivity index (χ2n) is 2.67. The number of alkyl halides is 1. The molecule has 5 heteroatoms. The number of nitrogens with zero attached hydrogens (tertiary/aromatic N) is 1. The van der Waals surface area contributed by atoms with Crippen molar-refractivity contribution in [1.29, 1.82) is 0 Å². The summed E-state index contributed by atoms with van der Waals surface area (Å²) in [5, 5.41) is -0.0590. The van der Waals surface area contributed by atoms with E-state index in [2.05, 4.69) is 0 Å². The van der Waals surface area contributed by atoms with Crippen molar-refractivity contribution in [2.45, 2.75) is 5.00 Å². The predicted molar refractivity (Wildman–Crippen MR) is 43.9 cm³/mol. The Kier molecular flexibility index (Phi) is 1.53. The minimum atomic E-state index is -0.657. The molecule has 0 bridgehead atoms. The maximum absolute atomic E-state index is 10.8. The quantitative estimate of drug-likeness (QED) is 0.284. The monoisotopic (exact) mass is 211 g/mol. The van der Waals surface area contributed by atoms with Crippen LogP contribution in [0.4, 0.5) is 0 Å². The van der Waals surface area contributed by atoms with Gasteiger partial charge in [0, 0.05) is 18.1 Å². The Hall–Kier alpha value is 0.240. The Labute approximate surface area is 78.7 Å². The van der Waals surface area contributed by atoms with Gasteiger partial charge in [-0.05, 0) is 11.6 Å². The summed E-state index contributed by atoms with van der Waals surface area (Å²) in [6.45, 7) is 1.23. The first kappa shape index (κ1) is 7.87. The molecule has 2 heterocycles. The molecule has 11 heavy (non-hydrogen) atoms. The van der Waals surface area contributed by atoms with Crippen molar-refractivity contribution in [3.63, 3.8) is 0 Å². The van der Waals surface area contributed by atoms with Gasteiger partial charge in [-0.3, -0.25) is 9.69 Å². The lowest BCUT2D eigenvalue weighted by Gasteiger charge is -2.01. The molecular weight excluding hydrogens is 208 g/mol. The van der Waals surface area contributed by atoms with Crippen molar-refractivity contribution in [3.05, 3.63) is 10.6 Å². The van der Waals surface area contributed by atoms with Crippen molar-refractivity contribution in [2.75, 3.05) is 13.1 Å². The van der Waals surface area contributed by atoms with Crippen LogP contribution in [0.15, 0.2) is 10.6 Å². The zero-order valence-corrected chi connectivity index (χ0v) is 7.67. The van der Waals surface area contributed by atoms with Crippen LogP contribution in [-0.2, 0) is 4.79 Å². The first-order chi connectivity index (χ1) is 5.05. The zero-order valence-electron chi connectivity index (χ0n) is 5.40. The number of rotatable bonds is 1. The van der Waals surface area contributed by atoms with Crippen LogP contribution in [0.2, 0.25) is 0 Å². The molecule has 0 aliphatic carbocycles. The van der Waals surface area contributed by atoms with Gasteiger partial charge in [0.05, 0.1) is 5.57 Å². The van der Waals surface area contributed by atoms with Gasteiger partial charge in [-0.15, -0.1) is 0 Å². The molecular formula is C6H4Cl3NO. The van der Waals surface area contributed by atoms with Crippen LogP contribution in [0.25, 0.3) is 0 Å². The molecule has 2 unspecified atom stereocenters. The SMILES string of the molecule is O=C(Cl)C1=C(Cl)CN2CC12Cl. The second-order valence-corrected chi connectivity index (χ2v) is 4.09. The van der Waals surface area contributed by atoms with Gasteiger partial charge in [0.2, 0.25) is 0 Å². The third-order valence-electron chi connectivity index (χ3n) is 1.98. The number of fused-ring (bicyclic) bond motifs is 1. The molecule has 2 aliphatic heterocycles. The van der Waals surface area contributed by atoms with E-state index in [1.54, 1.807) is 0 Å². The number of carbonyl (C=O) groups excluding carboxylic acids is 1. The number of hydrogen-bond acceptors (Lipinski definition) is 2. The van der Waals surface area contributed by atoms with Crippen LogP contribution in [0.5, 0.6) is 0 Å². The highest BCUT2D eigenvalue weighted by Gasteiger charge is 2.60. The van der Waals surface area contributed by atoms with Crippen molar-refractivity contribution in [3.8, 4) is 0 Å². The third kappa shape index (κ3) is 0.937. The maximum atomic E-state index is 10.8. The summed E-state index contributed by atoms with van der Waals surface area (Å²) < 4.78 is 0. The van der Waals surface area contributed by atoms with Crippen LogP contribution >= 0.6 is 34.8 Å². The number of hydrogen-bond donors (Lipinski definition) is 0. The molecule has 0 radical (unpaired) electrons. The summed E-state index contributed by atoms with van der Waals surface area (Å²) in [7, 11) is 0. The second kappa shape index (κ2) is 2.13. The first-order valence-electron chi connectivity index (χ1n) is 3.08. The summed E-state index contributed by atoms with van der Waals surface area (Å²) in [6.07, 6.45) is 0. The van der Waals surface area contributed by atoms with Crippen LogP contribution in [0.3, 0.4) is 0 Å². The lowest BCUT2D eigenvalue weighted by molar-refractivity contribution is -0.108. The Morgan fingerprint density at radius 3 is 2.55 bits per heavy atom. The highest BCUT2D eigenvalue weighted by molar-refractivity contribution is 6.69. The van der Waals surface area contributed by atoms with E-state index in [1.807, 2.05) is 4.90 Å². The van der Waals surface area contributed by atoms with Gasteiger partial charge in [0.15, 0.2) is 0 Å². The largest absolute Gasteiger partial charge is 0.276 e. The third-order valence-corrected chi connectivity index (χ3v) is 3.02. The average molecular weight is 212 g/mol. The van der Waals surface area contributed by atoms with Gasteiger partial charge in [0.25, 0.3) is 5.24 Å². The summed E-state index contributed by atoms with van der Waals surface area (Å²) >= 11 is 17.0. The highest BCUT2D eigenvalue weighted by atomic mass is 35.5. The Morgan fingerprint density at radius 2 is 2.27 bits per heavy atom. The van der Waals surface area contributed by atoms with Crippen LogP contribution in [0, 0.1) is 0 Å². The van der Waals surface area contributed by atoms with E-state index in [-0.39, 0.29) is 0 Å². The van der Waals surface area contributed by atoms with Gasteiger partial charge < -0.3 is 0 Å². The van der Waals surface area contributed by atoms with Crippen molar-refractivity contribution in [2.24, 2.45) is 0 Å². The predicted octanol–water partition coefficient (Wildman–Crippen LogP) is 1.51. The molecule has 1 fully saturated rings. The van der Waals surface area contributed by atoms with E-state index in [9.17, 15) is 4.79 Å². The molecule has 0 amide bonds. The van der Waals surface area contributed by atoms with Gasteiger partial charge in [-0.1, -0.05) is 23.2 Å². The molecule has 2 nitrogen and oxygen atoms in total. The molecule has 0 saturated carbocycles. The fourth-order valence-corrected chi connectivity index (χ4v) is 2.55. The van der Waals surface area contributed by atoms with E-state index in [1.165, 1.54) is 0 Å². The molecule has 0 spiro atoms. The standard InChI is InChI=1S/C6H4Cl3NO/c7-3-1-10-2-6(10,9)4(3)5(8)11/h1-2H2. The zero-order chi connectivity index (χ0) is 8.22. The average Bonchev–Trinajstić information content (AvgIpc) is 2.33. The molecule has 2 atom stereocenters. The smallest absolute Gasteiger partial charge is 0.252 e. The summed E-state index contributed by atoms with van der Waals surface area (Å²) in [5.41, 5.74) is 0.363. The molecule has 2 aliphatic rings. The highest BCUT2D eigenvalue weighted by Crippen LogP contribution is 2.51.